The average Bonchev–Trinajstić information content (AvgIpc) is 2.88. The Morgan fingerprint density at radius 3 is 2.71 bits per heavy atom. The minimum atomic E-state index is -4.47. The molecule has 0 amide bonds. The van der Waals surface area contributed by atoms with E-state index in [2.05, 4.69) is 19.8 Å². The predicted molar refractivity (Wildman–Crippen MR) is 67.4 cm³/mol. The first-order valence-electron chi connectivity index (χ1n) is 6.15. The number of sulfonamides is 1. The molecule has 1 fully saturated rings. The molecule has 118 valence electrons. The standard InChI is InChI=1S/C11H14F3N3O3S/c12-11(13,14)7-20-10-2-1-9(6-16-10)21(18,19)17-8-3-4-15-5-8/h1-2,6,8,15,17H,3-5,7H2. The molecule has 2 N–H and O–H groups in total. The van der Waals surface area contributed by atoms with E-state index in [0.29, 0.717) is 13.0 Å². The van der Waals surface area contributed by atoms with Crippen LogP contribution in [0.5, 0.6) is 5.88 Å². The third-order valence-electron chi connectivity index (χ3n) is 2.79. The SMILES string of the molecule is O=S(=O)(NC1CCNC1)c1ccc(OCC(F)(F)F)nc1. The zero-order valence-corrected chi connectivity index (χ0v) is 11.7. The van der Waals surface area contributed by atoms with Crippen LogP contribution in [-0.2, 0) is 10.0 Å². The maximum atomic E-state index is 12.0. The summed E-state index contributed by atoms with van der Waals surface area (Å²) in [6.07, 6.45) is -2.82. The number of halogens is 3. The molecule has 1 atom stereocenters. The molecule has 2 rings (SSSR count). The second-order valence-electron chi connectivity index (χ2n) is 4.55. The molecular weight excluding hydrogens is 311 g/mol. The fraction of sp³-hybridized carbons (Fsp3) is 0.545. The highest BCUT2D eigenvalue weighted by Gasteiger charge is 2.29. The van der Waals surface area contributed by atoms with Gasteiger partial charge in [0.25, 0.3) is 0 Å². The average molecular weight is 325 g/mol. The summed E-state index contributed by atoms with van der Waals surface area (Å²) in [5, 5.41) is 3.02. The molecule has 1 unspecified atom stereocenters. The highest BCUT2D eigenvalue weighted by atomic mass is 32.2. The van der Waals surface area contributed by atoms with Gasteiger partial charge in [-0.15, -0.1) is 0 Å². The number of hydrogen-bond acceptors (Lipinski definition) is 5. The molecule has 0 radical (unpaired) electrons. The zero-order chi connectivity index (χ0) is 15.5. The van der Waals surface area contributed by atoms with E-state index in [4.69, 9.17) is 0 Å². The van der Waals surface area contributed by atoms with Crippen molar-refractivity contribution in [3.8, 4) is 5.88 Å². The van der Waals surface area contributed by atoms with E-state index >= 15 is 0 Å². The van der Waals surface area contributed by atoms with Crippen molar-refractivity contribution in [1.82, 2.24) is 15.0 Å². The Bertz CT molecular complexity index is 569. The minimum absolute atomic E-state index is 0.117. The summed E-state index contributed by atoms with van der Waals surface area (Å²) < 4.78 is 66.9. The van der Waals surface area contributed by atoms with E-state index in [-0.39, 0.29) is 16.8 Å². The molecule has 10 heteroatoms. The van der Waals surface area contributed by atoms with Gasteiger partial charge in [-0.25, -0.2) is 18.1 Å². The number of nitrogens with zero attached hydrogens (tertiary/aromatic N) is 1. The van der Waals surface area contributed by atoms with E-state index in [1.54, 1.807) is 0 Å². The number of nitrogens with one attached hydrogen (secondary N) is 2. The minimum Gasteiger partial charge on any atom is -0.468 e. The van der Waals surface area contributed by atoms with Gasteiger partial charge in [-0.2, -0.15) is 13.2 Å². The highest BCUT2D eigenvalue weighted by Crippen LogP contribution is 2.18. The molecule has 6 nitrogen and oxygen atoms in total. The Balaban J connectivity index is 2.00. The number of alkyl halides is 3. The van der Waals surface area contributed by atoms with Gasteiger partial charge in [-0.3, -0.25) is 0 Å². The van der Waals surface area contributed by atoms with Crippen molar-refractivity contribution in [3.63, 3.8) is 0 Å². The number of aromatic nitrogens is 1. The fourth-order valence-electron chi connectivity index (χ4n) is 1.81. The third kappa shape index (κ3) is 4.83. The lowest BCUT2D eigenvalue weighted by Gasteiger charge is -2.12. The summed E-state index contributed by atoms with van der Waals surface area (Å²) in [7, 11) is -3.73. The molecule has 21 heavy (non-hydrogen) atoms. The molecule has 0 bridgehead atoms. The normalized spacial score (nSPS) is 19.7. The Kier molecular flexibility index (Phi) is 4.69. The first kappa shape index (κ1) is 16.0. The van der Waals surface area contributed by atoms with Gasteiger partial charge in [-0.05, 0) is 19.0 Å². The first-order chi connectivity index (χ1) is 9.76. The molecule has 1 aromatic heterocycles. The van der Waals surface area contributed by atoms with Crippen LogP contribution in [0, 0.1) is 0 Å². The predicted octanol–water partition coefficient (Wildman–Crippen LogP) is 0.663. The molecule has 1 aliphatic heterocycles. The Labute approximate surface area is 119 Å². The summed E-state index contributed by atoms with van der Waals surface area (Å²) in [6.45, 7) is -0.201. The molecule has 0 saturated carbocycles. The van der Waals surface area contributed by atoms with Crippen LogP contribution in [-0.4, -0.2) is 45.3 Å². The van der Waals surface area contributed by atoms with Crippen molar-refractivity contribution in [2.45, 2.75) is 23.5 Å². The van der Waals surface area contributed by atoms with Gasteiger partial charge in [0.15, 0.2) is 6.61 Å². The smallest absolute Gasteiger partial charge is 0.422 e. The lowest BCUT2D eigenvalue weighted by Crippen LogP contribution is -2.36. The Morgan fingerprint density at radius 2 is 2.19 bits per heavy atom. The maximum Gasteiger partial charge on any atom is 0.422 e. The van der Waals surface area contributed by atoms with Crippen LogP contribution in [0.25, 0.3) is 0 Å². The van der Waals surface area contributed by atoms with Crippen molar-refractivity contribution in [1.29, 1.82) is 0 Å². The van der Waals surface area contributed by atoms with Crippen LogP contribution >= 0.6 is 0 Å². The fourth-order valence-corrected chi connectivity index (χ4v) is 3.02. The first-order valence-corrected chi connectivity index (χ1v) is 7.63. The topological polar surface area (TPSA) is 80.3 Å². The third-order valence-corrected chi connectivity index (χ3v) is 4.29. The number of hydrogen-bond donors (Lipinski definition) is 2. The van der Waals surface area contributed by atoms with Crippen LogP contribution in [0.1, 0.15) is 6.42 Å². The van der Waals surface area contributed by atoms with E-state index in [9.17, 15) is 21.6 Å². The lowest BCUT2D eigenvalue weighted by molar-refractivity contribution is -0.154. The number of ether oxygens (including phenoxy) is 1. The van der Waals surface area contributed by atoms with Gasteiger partial charge in [0.2, 0.25) is 15.9 Å². The molecule has 0 spiro atoms. The van der Waals surface area contributed by atoms with Crippen molar-refractivity contribution in [3.05, 3.63) is 18.3 Å². The zero-order valence-electron chi connectivity index (χ0n) is 10.9. The maximum absolute atomic E-state index is 12.0. The highest BCUT2D eigenvalue weighted by molar-refractivity contribution is 7.89. The van der Waals surface area contributed by atoms with Crippen LogP contribution in [0.15, 0.2) is 23.2 Å². The van der Waals surface area contributed by atoms with Crippen LogP contribution < -0.4 is 14.8 Å². The summed E-state index contributed by atoms with van der Waals surface area (Å²) in [5.41, 5.74) is 0. The molecule has 1 saturated heterocycles. The quantitative estimate of drug-likeness (QED) is 0.831. The summed E-state index contributed by atoms with van der Waals surface area (Å²) in [4.78, 5) is 3.45. The molecule has 0 aromatic carbocycles. The monoisotopic (exact) mass is 325 g/mol. The lowest BCUT2D eigenvalue weighted by atomic mass is 10.3. The van der Waals surface area contributed by atoms with E-state index in [1.807, 2.05) is 0 Å². The Morgan fingerprint density at radius 1 is 1.43 bits per heavy atom. The summed E-state index contributed by atoms with van der Waals surface area (Å²) >= 11 is 0. The molecular formula is C11H14F3N3O3S. The van der Waals surface area contributed by atoms with E-state index in [1.165, 1.54) is 0 Å². The molecule has 1 aromatic rings. The van der Waals surface area contributed by atoms with Gasteiger partial charge in [-0.1, -0.05) is 0 Å². The van der Waals surface area contributed by atoms with Crippen molar-refractivity contribution < 1.29 is 26.3 Å². The largest absolute Gasteiger partial charge is 0.468 e. The van der Waals surface area contributed by atoms with E-state index in [0.717, 1.165) is 24.9 Å². The van der Waals surface area contributed by atoms with Crippen molar-refractivity contribution in [2.75, 3.05) is 19.7 Å². The van der Waals surface area contributed by atoms with Crippen molar-refractivity contribution in [2.24, 2.45) is 0 Å². The van der Waals surface area contributed by atoms with Crippen LogP contribution in [0.3, 0.4) is 0 Å². The van der Waals surface area contributed by atoms with Crippen LogP contribution in [0.2, 0.25) is 0 Å². The van der Waals surface area contributed by atoms with Gasteiger partial charge >= 0.3 is 6.18 Å². The number of rotatable bonds is 5. The van der Waals surface area contributed by atoms with Crippen LogP contribution in [0.4, 0.5) is 13.2 Å². The van der Waals surface area contributed by atoms with Gasteiger partial charge in [0.05, 0.1) is 6.20 Å². The molecule has 1 aliphatic rings. The second-order valence-corrected chi connectivity index (χ2v) is 6.26. The summed E-state index contributed by atoms with van der Waals surface area (Å²) in [5.74, 6) is -0.284. The van der Waals surface area contributed by atoms with Gasteiger partial charge < -0.3 is 10.1 Å². The summed E-state index contributed by atoms with van der Waals surface area (Å²) in [6, 6.07) is 2.05. The van der Waals surface area contributed by atoms with Gasteiger partial charge in [0, 0.05) is 18.7 Å². The second kappa shape index (κ2) is 6.16. The number of pyridine rings is 1. The van der Waals surface area contributed by atoms with Crippen molar-refractivity contribution >= 4 is 10.0 Å². The van der Waals surface area contributed by atoms with Gasteiger partial charge in [0.1, 0.15) is 4.90 Å². The van der Waals surface area contributed by atoms with E-state index < -0.39 is 22.8 Å². The Hall–Kier alpha value is -1.39. The molecule has 2 heterocycles. The molecule has 0 aliphatic carbocycles.